The molecule has 1 atom stereocenters. The van der Waals surface area contributed by atoms with E-state index in [0.29, 0.717) is 29.2 Å². The molecule has 0 radical (unpaired) electrons. The highest BCUT2D eigenvalue weighted by atomic mass is 32.2. The average Bonchev–Trinajstić information content (AvgIpc) is 3.34. The molecule has 2 aromatic heterocycles. The number of pyridine rings is 1. The van der Waals surface area contributed by atoms with Gasteiger partial charge in [0, 0.05) is 18.9 Å². The lowest BCUT2D eigenvalue weighted by Gasteiger charge is -2.27. The molecule has 1 amide bonds. The Hall–Kier alpha value is -2.43. The second kappa shape index (κ2) is 7.77. The zero-order valence-electron chi connectivity index (χ0n) is 15.7. The lowest BCUT2D eigenvalue weighted by Crippen LogP contribution is -2.47. The number of rotatable bonds is 5. The summed E-state index contributed by atoms with van der Waals surface area (Å²) in [6.45, 7) is 0.479. The Morgan fingerprint density at radius 2 is 2.17 bits per heavy atom. The molecule has 7 nitrogen and oxygen atoms in total. The Morgan fingerprint density at radius 3 is 2.86 bits per heavy atom. The second-order valence-corrected chi connectivity index (χ2v) is 9.84. The highest BCUT2D eigenvalue weighted by molar-refractivity contribution is 7.88. The molecule has 10 heteroatoms. The van der Waals surface area contributed by atoms with E-state index >= 15 is 0 Å². The third kappa shape index (κ3) is 4.00. The maximum absolute atomic E-state index is 14.2. The van der Waals surface area contributed by atoms with E-state index in [4.69, 9.17) is 0 Å². The molecule has 4 rings (SSSR count). The molecule has 0 saturated carbocycles. The first-order valence-electron chi connectivity index (χ1n) is 9.07. The van der Waals surface area contributed by atoms with Crippen molar-refractivity contribution in [3.8, 4) is 0 Å². The number of fused-ring (bicyclic) bond motifs is 1. The molecule has 1 fully saturated rings. The summed E-state index contributed by atoms with van der Waals surface area (Å²) >= 11 is 1.20. The van der Waals surface area contributed by atoms with Gasteiger partial charge in [-0.15, -0.1) is 0 Å². The number of aromatic nitrogens is 2. The first kappa shape index (κ1) is 19.9. The van der Waals surface area contributed by atoms with Gasteiger partial charge < -0.3 is 0 Å². The average molecular weight is 435 g/mol. The van der Waals surface area contributed by atoms with Crippen LogP contribution in [0.1, 0.15) is 18.4 Å². The highest BCUT2D eigenvalue weighted by Crippen LogP contribution is 2.33. The summed E-state index contributed by atoms with van der Waals surface area (Å²) in [4.78, 5) is 23.3. The number of carbonyl (C=O) groups is 1. The summed E-state index contributed by atoms with van der Waals surface area (Å²) in [5, 5.41) is 0.333. The van der Waals surface area contributed by atoms with Gasteiger partial charge in [-0.2, -0.15) is 4.31 Å². The summed E-state index contributed by atoms with van der Waals surface area (Å²) in [6.07, 6.45) is 5.42. The van der Waals surface area contributed by atoms with Crippen LogP contribution in [-0.2, 0) is 21.4 Å². The second-order valence-electron chi connectivity index (χ2n) is 6.90. The lowest BCUT2D eigenvalue weighted by molar-refractivity contribution is -0.121. The SMILES string of the molecule is CS(=O)(=O)N1CCCC1C(=O)N(Cc1cccnc1)c1nc2c(F)cccc2s1. The fraction of sp³-hybridized carbons (Fsp3) is 0.316. The maximum Gasteiger partial charge on any atom is 0.247 e. The Balaban J connectivity index is 1.75. The van der Waals surface area contributed by atoms with E-state index in [9.17, 15) is 17.6 Å². The van der Waals surface area contributed by atoms with Gasteiger partial charge in [-0.1, -0.05) is 23.5 Å². The van der Waals surface area contributed by atoms with Crippen molar-refractivity contribution in [1.29, 1.82) is 0 Å². The molecule has 1 saturated heterocycles. The fourth-order valence-electron chi connectivity index (χ4n) is 3.50. The standard InChI is InChI=1S/C19H19FN4O3S2/c1-29(26,27)24-10-4-7-15(24)18(25)23(12-13-5-3-9-21-11-13)19-22-17-14(20)6-2-8-16(17)28-19/h2-3,5-6,8-9,11,15H,4,7,10,12H2,1H3. The summed E-state index contributed by atoms with van der Waals surface area (Å²) in [5.74, 6) is -0.825. The van der Waals surface area contributed by atoms with Crippen LogP contribution in [0.15, 0.2) is 42.7 Å². The van der Waals surface area contributed by atoms with Gasteiger partial charge in [0.05, 0.1) is 17.5 Å². The van der Waals surface area contributed by atoms with Crippen LogP contribution < -0.4 is 4.90 Å². The van der Waals surface area contributed by atoms with E-state index in [2.05, 4.69) is 9.97 Å². The van der Waals surface area contributed by atoms with Gasteiger partial charge in [0.25, 0.3) is 0 Å². The first-order valence-corrected chi connectivity index (χ1v) is 11.7. The highest BCUT2D eigenvalue weighted by Gasteiger charge is 2.39. The Labute approximate surface area is 171 Å². The van der Waals surface area contributed by atoms with Crippen LogP contribution in [0, 0.1) is 5.82 Å². The van der Waals surface area contributed by atoms with Crippen molar-refractivity contribution < 1.29 is 17.6 Å². The number of sulfonamides is 1. The molecule has 0 aliphatic carbocycles. The minimum Gasteiger partial charge on any atom is -0.282 e. The van der Waals surface area contributed by atoms with E-state index in [1.807, 2.05) is 6.07 Å². The first-order chi connectivity index (χ1) is 13.8. The number of nitrogens with zero attached hydrogens (tertiary/aromatic N) is 4. The van der Waals surface area contributed by atoms with Gasteiger partial charge in [0.15, 0.2) is 5.13 Å². The van der Waals surface area contributed by atoms with Crippen LogP contribution in [0.3, 0.4) is 0 Å². The van der Waals surface area contributed by atoms with Crippen LogP contribution in [-0.4, -0.2) is 47.4 Å². The van der Waals surface area contributed by atoms with Gasteiger partial charge in [-0.05, 0) is 36.6 Å². The van der Waals surface area contributed by atoms with E-state index in [1.54, 1.807) is 30.6 Å². The predicted molar refractivity (Wildman–Crippen MR) is 110 cm³/mol. The summed E-state index contributed by atoms with van der Waals surface area (Å²) < 4.78 is 40.3. The lowest BCUT2D eigenvalue weighted by atomic mass is 10.2. The third-order valence-corrected chi connectivity index (χ3v) is 7.17. The smallest absolute Gasteiger partial charge is 0.247 e. The Bertz CT molecular complexity index is 1150. The van der Waals surface area contributed by atoms with Crippen LogP contribution in [0.4, 0.5) is 9.52 Å². The summed E-state index contributed by atoms with van der Waals surface area (Å²) in [7, 11) is -3.52. The quantitative estimate of drug-likeness (QED) is 0.617. The molecule has 3 aromatic rings. The van der Waals surface area contributed by atoms with Gasteiger partial charge in [-0.25, -0.2) is 17.8 Å². The number of hydrogen-bond donors (Lipinski definition) is 0. The largest absolute Gasteiger partial charge is 0.282 e. The Morgan fingerprint density at radius 1 is 1.34 bits per heavy atom. The molecule has 3 heterocycles. The number of benzene rings is 1. The van der Waals surface area contributed by atoms with Gasteiger partial charge in [0.2, 0.25) is 15.9 Å². The van der Waals surface area contributed by atoms with Crippen molar-refractivity contribution in [2.45, 2.75) is 25.4 Å². The van der Waals surface area contributed by atoms with Crippen LogP contribution in [0.2, 0.25) is 0 Å². The van der Waals surface area contributed by atoms with E-state index in [1.165, 1.54) is 26.6 Å². The van der Waals surface area contributed by atoms with Crippen molar-refractivity contribution in [3.05, 3.63) is 54.1 Å². The number of amides is 1. The number of carbonyl (C=O) groups excluding carboxylic acids is 1. The molecule has 0 spiro atoms. The molecule has 0 N–H and O–H groups in total. The fourth-order valence-corrected chi connectivity index (χ4v) is 5.60. The molecule has 152 valence electrons. The zero-order valence-corrected chi connectivity index (χ0v) is 17.3. The number of hydrogen-bond acceptors (Lipinski definition) is 6. The van der Waals surface area contributed by atoms with Gasteiger partial charge in [0.1, 0.15) is 17.4 Å². The number of para-hydroxylation sites is 1. The van der Waals surface area contributed by atoms with Crippen molar-refractivity contribution in [1.82, 2.24) is 14.3 Å². The summed E-state index contributed by atoms with van der Waals surface area (Å²) in [5.41, 5.74) is 0.965. The monoisotopic (exact) mass is 434 g/mol. The summed E-state index contributed by atoms with van der Waals surface area (Å²) in [6, 6.07) is 7.44. The van der Waals surface area contributed by atoms with E-state index < -0.39 is 21.9 Å². The molecular formula is C19H19FN4O3S2. The molecule has 0 bridgehead atoms. The Kier molecular flexibility index (Phi) is 5.32. The van der Waals surface area contributed by atoms with Gasteiger partial charge in [-0.3, -0.25) is 14.7 Å². The van der Waals surface area contributed by atoms with Crippen molar-refractivity contribution in [2.24, 2.45) is 0 Å². The zero-order chi connectivity index (χ0) is 20.6. The minimum atomic E-state index is -3.52. The van der Waals surface area contributed by atoms with E-state index in [-0.39, 0.29) is 18.0 Å². The third-order valence-electron chi connectivity index (χ3n) is 4.83. The van der Waals surface area contributed by atoms with Crippen molar-refractivity contribution in [2.75, 3.05) is 17.7 Å². The molecule has 1 aliphatic rings. The normalized spacial score (nSPS) is 17.7. The minimum absolute atomic E-state index is 0.169. The van der Waals surface area contributed by atoms with Crippen LogP contribution in [0.25, 0.3) is 10.2 Å². The molecular weight excluding hydrogens is 415 g/mol. The topological polar surface area (TPSA) is 83.5 Å². The van der Waals surface area contributed by atoms with Crippen LogP contribution >= 0.6 is 11.3 Å². The molecule has 1 aliphatic heterocycles. The number of thiazole rings is 1. The van der Waals surface area contributed by atoms with Crippen molar-refractivity contribution in [3.63, 3.8) is 0 Å². The molecule has 1 aromatic carbocycles. The van der Waals surface area contributed by atoms with Crippen molar-refractivity contribution >= 4 is 42.6 Å². The number of halogens is 1. The number of anilines is 1. The predicted octanol–water partition coefficient (Wildman–Crippen LogP) is 2.79. The maximum atomic E-state index is 14.2. The van der Waals surface area contributed by atoms with E-state index in [0.717, 1.165) is 11.8 Å². The molecule has 29 heavy (non-hydrogen) atoms. The molecule has 1 unspecified atom stereocenters. The van der Waals surface area contributed by atoms with Crippen LogP contribution in [0.5, 0.6) is 0 Å². The van der Waals surface area contributed by atoms with Gasteiger partial charge >= 0.3 is 0 Å².